The minimum atomic E-state index is 0.112. The van der Waals surface area contributed by atoms with Crippen LogP contribution in [0.15, 0.2) is 24.5 Å². The molecule has 0 radical (unpaired) electrons. The number of carbonyl (C=O) groups is 1. The molecular weight excluding hydrogens is 304 g/mol. The van der Waals surface area contributed by atoms with Crippen molar-refractivity contribution in [2.45, 2.75) is 32.4 Å². The van der Waals surface area contributed by atoms with Gasteiger partial charge in [-0.3, -0.25) is 9.69 Å². The number of likely N-dealkylation sites (tertiary alicyclic amines) is 1. The Kier molecular flexibility index (Phi) is 4.02. The van der Waals surface area contributed by atoms with Crippen molar-refractivity contribution < 1.29 is 9.53 Å². The fourth-order valence-corrected chi connectivity index (χ4v) is 3.90. The molecule has 2 aromatic rings. The summed E-state index contributed by atoms with van der Waals surface area (Å²) < 4.78 is 7.40. The van der Waals surface area contributed by atoms with Gasteiger partial charge in [-0.1, -0.05) is 0 Å². The second-order valence-electron chi connectivity index (χ2n) is 6.91. The summed E-state index contributed by atoms with van der Waals surface area (Å²) in [5.41, 5.74) is 2.51. The third-order valence-corrected chi connectivity index (χ3v) is 5.20. The van der Waals surface area contributed by atoms with E-state index in [0.717, 1.165) is 56.2 Å². The van der Waals surface area contributed by atoms with Crippen LogP contribution in [-0.2, 0) is 4.74 Å². The molecule has 0 spiro atoms. The number of nitrogens with zero attached hydrogens (tertiary/aromatic N) is 4. The highest BCUT2D eigenvalue weighted by Crippen LogP contribution is 2.25. The van der Waals surface area contributed by atoms with Crippen LogP contribution in [0.1, 0.15) is 29.4 Å². The van der Waals surface area contributed by atoms with Gasteiger partial charge >= 0.3 is 0 Å². The van der Waals surface area contributed by atoms with Crippen LogP contribution in [-0.4, -0.2) is 70.0 Å². The minimum Gasteiger partial charge on any atom is -0.379 e. The van der Waals surface area contributed by atoms with Gasteiger partial charge in [-0.2, -0.15) is 0 Å². The van der Waals surface area contributed by atoms with Crippen molar-refractivity contribution in [3.63, 3.8) is 0 Å². The zero-order valence-electron chi connectivity index (χ0n) is 14.3. The largest absolute Gasteiger partial charge is 0.379 e. The first kappa shape index (κ1) is 15.6. The van der Waals surface area contributed by atoms with Crippen LogP contribution in [0.2, 0.25) is 0 Å². The zero-order valence-corrected chi connectivity index (χ0v) is 14.3. The molecule has 2 saturated heterocycles. The zero-order chi connectivity index (χ0) is 16.7. The van der Waals surface area contributed by atoms with E-state index < -0.39 is 0 Å². The molecule has 0 N–H and O–H groups in total. The molecule has 0 bridgehead atoms. The summed E-state index contributed by atoms with van der Waals surface area (Å²) in [4.78, 5) is 21.9. The Hall–Kier alpha value is -1.92. The second kappa shape index (κ2) is 6.18. The van der Waals surface area contributed by atoms with Crippen LogP contribution in [0.4, 0.5) is 0 Å². The fourth-order valence-electron chi connectivity index (χ4n) is 3.90. The van der Waals surface area contributed by atoms with Crippen molar-refractivity contribution in [1.82, 2.24) is 19.2 Å². The number of rotatable bonds is 2. The lowest BCUT2D eigenvalue weighted by atomic mass is 10.1. The lowest BCUT2D eigenvalue weighted by Gasteiger charge is -2.32. The smallest absolute Gasteiger partial charge is 0.254 e. The molecule has 2 aliphatic rings. The van der Waals surface area contributed by atoms with E-state index in [1.54, 1.807) is 0 Å². The highest BCUT2D eigenvalue weighted by atomic mass is 16.5. The molecule has 128 valence electrons. The Balaban J connectivity index is 1.52. The van der Waals surface area contributed by atoms with Gasteiger partial charge in [-0.15, -0.1) is 0 Å². The molecule has 2 atom stereocenters. The van der Waals surface area contributed by atoms with Gasteiger partial charge in [0.2, 0.25) is 0 Å². The van der Waals surface area contributed by atoms with Gasteiger partial charge in [-0.25, -0.2) is 4.98 Å². The summed E-state index contributed by atoms with van der Waals surface area (Å²) in [6.45, 7) is 8.46. The number of fused-ring (bicyclic) bond motifs is 1. The number of carbonyl (C=O) groups excluding carboxylic acids is 1. The van der Waals surface area contributed by atoms with Crippen molar-refractivity contribution in [2.24, 2.45) is 0 Å². The van der Waals surface area contributed by atoms with E-state index in [0.29, 0.717) is 6.04 Å². The molecular formula is C18H24N4O2. The normalized spacial score (nSPS) is 25.5. The Labute approximate surface area is 142 Å². The maximum absolute atomic E-state index is 13.0. The summed E-state index contributed by atoms with van der Waals surface area (Å²) in [6, 6.07) is 4.50. The fraction of sp³-hybridized carbons (Fsp3) is 0.556. The molecule has 0 aromatic carbocycles. The highest BCUT2D eigenvalue weighted by Gasteiger charge is 2.36. The number of hydrogen-bond donors (Lipinski definition) is 0. The van der Waals surface area contributed by atoms with E-state index in [1.165, 1.54) is 0 Å². The SMILES string of the molecule is Cc1cn2ccc(C(=O)N3CC(N4CCOCC4)CC3C)cc2n1. The van der Waals surface area contributed by atoms with Gasteiger partial charge < -0.3 is 14.0 Å². The summed E-state index contributed by atoms with van der Waals surface area (Å²) in [5, 5.41) is 0. The summed E-state index contributed by atoms with van der Waals surface area (Å²) in [5.74, 6) is 0.112. The first-order chi connectivity index (χ1) is 11.6. The maximum Gasteiger partial charge on any atom is 0.254 e. The molecule has 1 amide bonds. The number of hydrogen-bond acceptors (Lipinski definition) is 4. The molecule has 4 heterocycles. The number of morpholine rings is 1. The topological polar surface area (TPSA) is 50.1 Å². The van der Waals surface area contributed by atoms with Crippen molar-refractivity contribution in [2.75, 3.05) is 32.8 Å². The van der Waals surface area contributed by atoms with Crippen molar-refractivity contribution >= 4 is 11.6 Å². The molecule has 6 heteroatoms. The average Bonchev–Trinajstić information content (AvgIpc) is 3.16. The third kappa shape index (κ3) is 2.80. The van der Waals surface area contributed by atoms with Crippen LogP contribution >= 0.6 is 0 Å². The quantitative estimate of drug-likeness (QED) is 0.840. The molecule has 0 saturated carbocycles. The van der Waals surface area contributed by atoms with Gasteiger partial charge in [0.15, 0.2) is 0 Å². The molecule has 24 heavy (non-hydrogen) atoms. The molecule has 2 fully saturated rings. The minimum absolute atomic E-state index is 0.112. The highest BCUT2D eigenvalue weighted by molar-refractivity contribution is 5.95. The molecule has 2 unspecified atom stereocenters. The molecule has 2 aliphatic heterocycles. The van der Waals surface area contributed by atoms with Crippen LogP contribution < -0.4 is 0 Å². The average molecular weight is 328 g/mol. The number of pyridine rings is 1. The predicted octanol–water partition coefficient (Wildman–Crippen LogP) is 1.58. The van der Waals surface area contributed by atoms with E-state index in [1.807, 2.05) is 40.8 Å². The number of imidazole rings is 1. The number of aryl methyl sites for hydroxylation is 1. The summed E-state index contributed by atoms with van der Waals surface area (Å²) >= 11 is 0. The first-order valence-electron chi connectivity index (χ1n) is 8.70. The first-order valence-corrected chi connectivity index (χ1v) is 8.70. The number of ether oxygens (including phenoxy) is 1. The molecule has 2 aromatic heterocycles. The van der Waals surface area contributed by atoms with E-state index in [2.05, 4.69) is 16.8 Å². The Morgan fingerprint density at radius 1 is 1.33 bits per heavy atom. The van der Waals surface area contributed by atoms with Crippen molar-refractivity contribution in [3.8, 4) is 0 Å². The number of amides is 1. The summed E-state index contributed by atoms with van der Waals surface area (Å²) in [6.07, 6.45) is 4.93. The number of aromatic nitrogens is 2. The van der Waals surface area contributed by atoms with Gasteiger partial charge in [-0.05, 0) is 32.4 Å². The molecule has 0 aliphatic carbocycles. The van der Waals surface area contributed by atoms with Crippen LogP contribution in [0.25, 0.3) is 5.65 Å². The van der Waals surface area contributed by atoms with Gasteiger partial charge in [0.1, 0.15) is 5.65 Å². The van der Waals surface area contributed by atoms with E-state index in [-0.39, 0.29) is 11.9 Å². The van der Waals surface area contributed by atoms with Gasteiger partial charge in [0, 0.05) is 49.7 Å². The lowest BCUT2D eigenvalue weighted by Crippen LogP contribution is -2.45. The molecule has 6 nitrogen and oxygen atoms in total. The lowest BCUT2D eigenvalue weighted by molar-refractivity contribution is 0.0185. The van der Waals surface area contributed by atoms with E-state index >= 15 is 0 Å². The van der Waals surface area contributed by atoms with Crippen LogP contribution in [0, 0.1) is 6.92 Å². The monoisotopic (exact) mass is 328 g/mol. The standard InChI is InChI=1S/C18H24N4O2/c1-13-11-21-4-3-15(10-17(21)19-13)18(23)22-12-16(9-14(22)2)20-5-7-24-8-6-20/h3-4,10-11,14,16H,5-9,12H2,1-2H3. The second-order valence-corrected chi connectivity index (χ2v) is 6.91. The van der Waals surface area contributed by atoms with Gasteiger partial charge in [0.25, 0.3) is 5.91 Å². The van der Waals surface area contributed by atoms with E-state index in [4.69, 9.17) is 4.74 Å². The van der Waals surface area contributed by atoms with Crippen molar-refractivity contribution in [3.05, 3.63) is 35.8 Å². The molecule has 4 rings (SSSR count). The van der Waals surface area contributed by atoms with Crippen LogP contribution in [0.3, 0.4) is 0 Å². The Bertz CT molecular complexity index is 751. The maximum atomic E-state index is 13.0. The third-order valence-electron chi connectivity index (χ3n) is 5.20. The predicted molar refractivity (Wildman–Crippen MR) is 91.2 cm³/mol. The Morgan fingerprint density at radius 2 is 2.12 bits per heavy atom. The summed E-state index contributed by atoms with van der Waals surface area (Å²) in [7, 11) is 0. The van der Waals surface area contributed by atoms with E-state index in [9.17, 15) is 4.79 Å². The van der Waals surface area contributed by atoms with Crippen molar-refractivity contribution in [1.29, 1.82) is 0 Å². The van der Waals surface area contributed by atoms with Gasteiger partial charge in [0.05, 0.1) is 18.9 Å². The Morgan fingerprint density at radius 3 is 2.92 bits per heavy atom. The van der Waals surface area contributed by atoms with Crippen LogP contribution in [0.5, 0.6) is 0 Å².